The van der Waals surface area contributed by atoms with E-state index in [0.717, 1.165) is 16.5 Å². The van der Waals surface area contributed by atoms with Gasteiger partial charge in [-0.2, -0.15) is 0 Å². The van der Waals surface area contributed by atoms with Crippen molar-refractivity contribution in [3.05, 3.63) is 77.9 Å². The summed E-state index contributed by atoms with van der Waals surface area (Å²) in [6, 6.07) is 14.5. The maximum absolute atomic E-state index is 12.6. The molecular weight excluding hydrogens is 454 g/mol. The summed E-state index contributed by atoms with van der Waals surface area (Å²) in [4.78, 5) is 11.2. The molecule has 4 rings (SSSR count). The van der Waals surface area contributed by atoms with Crippen molar-refractivity contribution in [2.24, 2.45) is 0 Å². The molecule has 1 atom stereocenters. The average molecular weight is 480 g/mol. The topological polar surface area (TPSA) is 120 Å². The van der Waals surface area contributed by atoms with Gasteiger partial charge in [0.05, 0.1) is 18.9 Å². The highest BCUT2D eigenvalue weighted by molar-refractivity contribution is 8.07. The Kier molecular flexibility index (Phi) is 6.54. The minimum atomic E-state index is -1.53. The molecule has 0 spiro atoms. The fourth-order valence-electron chi connectivity index (χ4n) is 3.55. The van der Waals surface area contributed by atoms with Crippen LogP contribution in [0.15, 0.2) is 69.9 Å². The number of carboxylic acids is 1. The van der Waals surface area contributed by atoms with Crippen molar-refractivity contribution in [1.29, 1.82) is 5.41 Å². The van der Waals surface area contributed by atoms with Crippen LogP contribution in [0.1, 0.15) is 37.7 Å². The van der Waals surface area contributed by atoms with Crippen molar-refractivity contribution in [2.75, 3.05) is 0 Å². The van der Waals surface area contributed by atoms with Gasteiger partial charge in [0, 0.05) is 33.3 Å². The lowest BCUT2D eigenvalue weighted by Crippen LogP contribution is -2.34. The van der Waals surface area contributed by atoms with E-state index in [1.54, 1.807) is 36.6 Å². The van der Waals surface area contributed by atoms with Crippen molar-refractivity contribution in [2.45, 2.75) is 38.5 Å². The van der Waals surface area contributed by atoms with E-state index in [-0.39, 0.29) is 23.8 Å². The fraction of sp³-hybridized carbons (Fsp3) is 0.231. The van der Waals surface area contributed by atoms with Crippen molar-refractivity contribution in [3.63, 3.8) is 0 Å². The molecule has 0 bridgehead atoms. The molecule has 0 saturated heterocycles. The van der Waals surface area contributed by atoms with Gasteiger partial charge in [-0.3, -0.25) is 10.2 Å². The number of carboxylic acid groups (broad SMARTS) is 1. The summed E-state index contributed by atoms with van der Waals surface area (Å²) in [5, 5.41) is 18.2. The van der Waals surface area contributed by atoms with E-state index in [1.807, 2.05) is 39.0 Å². The van der Waals surface area contributed by atoms with Gasteiger partial charge in [0.2, 0.25) is 5.76 Å². The Morgan fingerprint density at radius 1 is 1.15 bits per heavy atom. The van der Waals surface area contributed by atoms with Crippen LogP contribution in [0.5, 0.6) is 5.75 Å². The van der Waals surface area contributed by atoms with Crippen LogP contribution >= 0.6 is 0 Å². The Balaban J connectivity index is 1.63. The average Bonchev–Trinajstić information content (AvgIpc) is 3.46. The molecule has 7 nitrogen and oxygen atoms in total. The van der Waals surface area contributed by atoms with Crippen LogP contribution in [0.2, 0.25) is 0 Å². The number of aliphatic carboxylic acids is 1. The second kappa shape index (κ2) is 9.40. The SMILES string of the molecule is CC(C)(C)[S+]([O-])C(=N)c1cc(-c2cc(COc3ccccc3CC(=O)O)cc3ccoc23)co1. The summed E-state index contributed by atoms with van der Waals surface area (Å²) in [5.74, 6) is -0.165. The molecule has 0 aliphatic rings. The highest BCUT2D eigenvalue weighted by Crippen LogP contribution is 2.34. The molecule has 4 aromatic rings. The van der Waals surface area contributed by atoms with E-state index in [0.29, 0.717) is 22.5 Å². The van der Waals surface area contributed by atoms with Crippen molar-refractivity contribution in [1.82, 2.24) is 0 Å². The molecule has 0 saturated carbocycles. The van der Waals surface area contributed by atoms with Crippen LogP contribution in [0.4, 0.5) is 0 Å². The molecule has 1 unspecified atom stereocenters. The van der Waals surface area contributed by atoms with E-state index >= 15 is 0 Å². The molecule has 0 radical (unpaired) electrons. The number of fused-ring (bicyclic) bond motifs is 1. The standard InChI is InChI=1S/C26H25NO6S/c1-26(2,3)34(30)25(27)22-12-19(15-33-22)20-11-16(10-18-8-9-31-24(18)20)14-32-21-7-5-4-6-17(21)13-23(28)29/h4-12,15,27H,13-14H2,1-3H3,(H,28,29). The number of hydrogen-bond acceptors (Lipinski definition) is 6. The Hall–Kier alpha value is -3.49. The van der Waals surface area contributed by atoms with Gasteiger partial charge >= 0.3 is 5.97 Å². The Morgan fingerprint density at radius 3 is 2.65 bits per heavy atom. The maximum atomic E-state index is 12.6. The molecule has 34 heavy (non-hydrogen) atoms. The summed E-state index contributed by atoms with van der Waals surface area (Å²) < 4.78 is 29.3. The lowest BCUT2D eigenvalue weighted by Gasteiger charge is -2.22. The zero-order chi connectivity index (χ0) is 24.5. The second-order valence-electron chi connectivity index (χ2n) is 8.86. The number of rotatable bonds is 7. The molecule has 2 heterocycles. The first-order chi connectivity index (χ1) is 16.1. The van der Waals surface area contributed by atoms with Crippen LogP contribution in [0.3, 0.4) is 0 Å². The van der Waals surface area contributed by atoms with Crippen LogP contribution < -0.4 is 4.74 Å². The zero-order valence-electron chi connectivity index (χ0n) is 19.1. The van der Waals surface area contributed by atoms with E-state index < -0.39 is 21.9 Å². The molecule has 0 fully saturated rings. The third-order valence-corrected chi connectivity index (χ3v) is 6.88. The molecule has 0 amide bonds. The van der Waals surface area contributed by atoms with E-state index in [4.69, 9.17) is 24.1 Å². The molecule has 2 aromatic carbocycles. The van der Waals surface area contributed by atoms with Gasteiger partial charge in [0.1, 0.15) is 22.7 Å². The molecule has 0 aliphatic carbocycles. The number of furan rings is 2. The molecule has 0 aliphatic heterocycles. The number of hydrogen-bond donors (Lipinski definition) is 2. The van der Waals surface area contributed by atoms with Crippen LogP contribution in [-0.2, 0) is 29.0 Å². The summed E-state index contributed by atoms with van der Waals surface area (Å²) in [7, 11) is 0. The number of nitrogens with one attached hydrogen (secondary N) is 1. The molecule has 2 aromatic heterocycles. The minimum absolute atomic E-state index is 0.0658. The molecule has 176 valence electrons. The number of carbonyl (C=O) groups is 1. The summed E-state index contributed by atoms with van der Waals surface area (Å²) in [5.41, 5.74) is 3.56. The van der Waals surface area contributed by atoms with Gasteiger partial charge in [0.25, 0.3) is 5.04 Å². The summed E-state index contributed by atoms with van der Waals surface area (Å²) >= 11 is -1.53. The number of ether oxygens (including phenoxy) is 1. The number of benzene rings is 2. The van der Waals surface area contributed by atoms with Gasteiger partial charge in [0.15, 0.2) is 0 Å². The summed E-state index contributed by atoms with van der Waals surface area (Å²) in [6.07, 6.45) is 2.99. The Labute approximate surface area is 200 Å². The first-order valence-electron chi connectivity index (χ1n) is 10.7. The first kappa shape index (κ1) is 23.7. The van der Waals surface area contributed by atoms with Crippen LogP contribution in [0, 0.1) is 5.41 Å². The third-order valence-electron chi connectivity index (χ3n) is 5.20. The molecular formula is C26H25NO6S. The second-order valence-corrected chi connectivity index (χ2v) is 11.0. The normalized spacial score (nSPS) is 12.6. The quantitative estimate of drug-likeness (QED) is 0.197. The largest absolute Gasteiger partial charge is 0.610 e. The molecule has 2 N–H and O–H groups in total. The van der Waals surface area contributed by atoms with Gasteiger partial charge in [-0.25, -0.2) is 0 Å². The first-order valence-corrected chi connectivity index (χ1v) is 11.8. The van der Waals surface area contributed by atoms with Crippen LogP contribution in [0.25, 0.3) is 22.1 Å². The van der Waals surface area contributed by atoms with Gasteiger partial charge in [-0.1, -0.05) is 18.2 Å². The monoisotopic (exact) mass is 479 g/mol. The van der Waals surface area contributed by atoms with Crippen molar-refractivity contribution < 1.29 is 28.0 Å². The fourth-order valence-corrected chi connectivity index (χ4v) is 4.45. The highest BCUT2D eigenvalue weighted by atomic mass is 32.2. The highest BCUT2D eigenvalue weighted by Gasteiger charge is 2.33. The van der Waals surface area contributed by atoms with Crippen molar-refractivity contribution in [3.8, 4) is 16.9 Å². The lowest BCUT2D eigenvalue weighted by atomic mass is 10.0. The molecule has 8 heteroatoms. The van der Waals surface area contributed by atoms with Gasteiger partial charge < -0.3 is 23.2 Å². The van der Waals surface area contributed by atoms with E-state index in [1.165, 1.54) is 6.26 Å². The third kappa shape index (κ3) is 5.03. The lowest BCUT2D eigenvalue weighted by molar-refractivity contribution is -0.136. The maximum Gasteiger partial charge on any atom is 0.307 e. The summed E-state index contributed by atoms with van der Waals surface area (Å²) in [6.45, 7) is 5.66. The Bertz CT molecular complexity index is 1350. The van der Waals surface area contributed by atoms with Gasteiger partial charge in [-0.15, -0.1) is 0 Å². The van der Waals surface area contributed by atoms with Crippen LogP contribution in [-0.4, -0.2) is 25.4 Å². The Morgan fingerprint density at radius 2 is 1.91 bits per heavy atom. The van der Waals surface area contributed by atoms with E-state index in [9.17, 15) is 9.35 Å². The predicted molar refractivity (Wildman–Crippen MR) is 131 cm³/mol. The number of para-hydroxylation sites is 1. The van der Waals surface area contributed by atoms with Crippen molar-refractivity contribution >= 4 is 33.2 Å². The zero-order valence-corrected chi connectivity index (χ0v) is 19.9. The smallest absolute Gasteiger partial charge is 0.307 e. The minimum Gasteiger partial charge on any atom is -0.610 e. The van der Waals surface area contributed by atoms with Gasteiger partial charge in [-0.05, 0) is 56.7 Å². The van der Waals surface area contributed by atoms with E-state index in [2.05, 4.69) is 0 Å². The predicted octanol–water partition coefficient (Wildman–Crippen LogP) is 5.77.